The fraction of sp³-hybridized carbons (Fsp3) is 0.312. The topological polar surface area (TPSA) is 55.3 Å². The monoisotopic (exact) mass is 283 g/mol. The summed E-state index contributed by atoms with van der Waals surface area (Å²) in [6, 6.07) is 7.57. The lowest BCUT2D eigenvalue weighted by Gasteiger charge is -2.18. The molecule has 3 rings (SSSR count). The molecule has 108 valence electrons. The molecule has 1 aliphatic rings. The first kappa shape index (κ1) is 13.5. The third-order valence-corrected chi connectivity index (χ3v) is 3.54. The van der Waals surface area contributed by atoms with E-state index in [0.29, 0.717) is 36.8 Å². The van der Waals surface area contributed by atoms with Gasteiger partial charge in [-0.1, -0.05) is 13.0 Å². The number of nitrogens with zero attached hydrogens (tertiary/aromatic N) is 3. The van der Waals surface area contributed by atoms with Crippen LogP contribution in [0, 0.1) is 0 Å². The third-order valence-electron chi connectivity index (χ3n) is 3.54. The van der Waals surface area contributed by atoms with Gasteiger partial charge in [0.25, 0.3) is 5.91 Å². The van der Waals surface area contributed by atoms with Crippen LogP contribution >= 0.6 is 0 Å². The summed E-state index contributed by atoms with van der Waals surface area (Å²) in [5, 5.41) is 0. The molecule has 5 heteroatoms. The van der Waals surface area contributed by atoms with Gasteiger partial charge < -0.3 is 9.64 Å². The molecule has 0 N–H and O–H groups in total. The maximum atomic E-state index is 12.7. The van der Waals surface area contributed by atoms with Gasteiger partial charge >= 0.3 is 0 Å². The van der Waals surface area contributed by atoms with E-state index >= 15 is 0 Å². The molecule has 2 aromatic rings. The van der Waals surface area contributed by atoms with E-state index in [-0.39, 0.29) is 5.91 Å². The van der Waals surface area contributed by atoms with Gasteiger partial charge in [-0.25, -0.2) is 9.97 Å². The van der Waals surface area contributed by atoms with E-state index in [0.717, 1.165) is 12.0 Å². The number of ether oxygens (including phenoxy) is 1. The van der Waals surface area contributed by atoms with Crippen molar-refractivity contribution < 1.29 is 9.53 Å². The minimum absolute atomic E-state index is 0.0229. The number of fused-ring (bicyclic) bond motifs is 1. The molecule has 21 heavy (non-hydrogen) atoms. The number of rotatable bonds is 3. The highest BCUT2D eigenvalue weighted by atomic mass is 16.5. The molecule has 1 aromatic heterocycles. The highest BCUT2D eigenvalue weighted by molar-refractivity contribution is 5.97. The van der Waals surface area contributed by atoms with Gasteiger partial charge in [-0.3, -0.25) is 4.79 Å². The maximum Gasteiger partial charge on any atom is 0.258 e. The van der Waals surface area contributed by atoms with E-state index in [9.17, 15) is 4.79 Å². The van der Waals surface area contributed by atoms with Gasteiger partial charge in [0.15, 0.2) is 0 Å². The predicted molar refractivity (Wildman–Crippen MR) is 78.1 cm³/mol. The highest BCUT2D eigenvalue weighted by Crippen LogP contribution is 2.25. The number of aromatic nitrogens is 2. The molecule has 1 aliphatic heterocycles. The number of carbonyl (C=O) groups is 1. The quantitative estimate of drug-likeness (QED) is 0.865. The number of benzene rings is 1. The first-order chi connectivity index (χ1) is 10.3. The van der Waals surface area contributed by atoms with Crippen molar-refractivity contribution in [2.45, 2.75) is 19.9 Å². The second-order valence-electron chi connectivity index (χ2n) is 4.92. The zero-order valence-electron chi connectivity index (χ0n) is 12.0. The molecule has 2 heterocycles. The first-order valence-corrected chi connectivity index (χ1v) is 7.09. The first-order valence-electron chi connectivity index (χ1n) is 7.09. The zero-order valence-corrected chi connectivity index (χ0v) is 12.0. The average Bonchev–Trinajstić information content (AvgIpc) is 2.68. The zero-order chi connectivity index (χ0) is 14.7. The summed E-state index contributed by atoms with van der Waals surface area (Å²) >= 11 is 0. The van der Waals surface area contributed by atoms with E-state index in [4.69, 9.17) is 4.74 Å². The van der Waals surface area contributed by atoms with Crippen molar-refractivity contribution in [3.8, 4) is 5.75 Å². The van der Waals surface area contributed by atoms with Gasteiger partial charge in [-0.2, -0.15) is 0 Å². The Morgan fingerprint density at radius 1 is 1.29 bits per heavy atom. The van der Waals surface area contributed by atoms with Crippen LogP contribution in [-0.2, 0) is 13.0 Å². The predicted octanol–water partition coefficient (Wildman–Crippen LogP) is 2.07. The van der Waals surface area contributed by atoms with Crippen molar-refractivity contribution in [3.63, 3.8) is 0 Å². The summed E-state index contributed by atoms with van der Waals surface area (Å²) in [5.74, 6) is 1.28. The molecule has 0 fully saturated rings. The number of hydrogen-bond donors (Lipinski definition) is 0. The Bertz CT molecular complexity index is 643. The molecule has 0 radical (unpaired) electrons. The lowest BCUT2D eigenvalue weighted by atomic mass is 10.1. The van der Waals surface area contributed by atoms with Crippen molar-refractivity contribution >= 4 is 5.91 Å². The fourth-order valence-electron chi connectivity index (χ4n) is 2.36. The summed E-state index contributed by atoms with van der Waals surface area (Å²) < 4.78 is 5.68. The van der Waals surface area contributed by atoms with E-state index < -0.39 is 0 Å². The van der Waals surface area contributed by atoms with Gasteiger partial charge in [-0.15, -0.1) is 0 Å². The average molecular weight is 283 g/mol. The van der Waals surface area contributed by atoms with Crippen LogP contribution in [-0.4, -0.2) is 33.9 Å². The van der Waals surface area contributed by atoms with E-state index in [1.54, 1.807) is 23.4 Å². The van der Waals surface area contributed by atoms with Crippen LogP contribution in [0.5, 0.6) is 5.75 Å². The molecular formula is C16H17N3O2. The molecule has 0 atom stereocenters. The Morgan fingerprint density at radius 3 is 2.86 bits per heavy atom. The van der Waals surface area contributed by atoms with Gasteiger partial charge in [0.1, 0.15) is 18.2 Å². The van der Waals surface area contributed by atoms with E-state index in [1.165, 1.54) is 0 Å². The summed E-state index contributed by atoms with van der Waals surface area (Å²) in [4.78, 5) is 22.8. The molecule has 0 spiro atoms. The minimum Gasteiger partial charge on any atom is -0.491 e. The van der Waals surface area contributed by atoms with Crippen molar-refractivity contribution in [3.05, 3.63) is 53.6 Å². The van der Waals surface area contributed by atoms with E-state index in [2.05, 4.69) is 16.9 Å². The second kappa shape index (κ2) is 5.91. The van der Waals surface area contributed by atoms with Crippen molar-refractivity contribution in [1.82, 2.24) is 14.9 Å². The summed E-state index contributed by atoms with van der Waals surface area (Å²) in [7, 11) is 0. The number of carbonyl (C=O) groups excluding carboxylic acids is 1. The van der Waals surface area contributed by atoms with Crippen LogP contribution in [0.3, 0.4) is 0 Å². The Balaban J connectivity index is 1.88. The Kier molecular flexibility index (Phi) is 3.81. The van der Waals surface area contributed by atoms with Crippen LogP contribution in [0.1, 0.15) is 28.7 Å². The van der Waals surface area contributed by atoms with Crippen LogP contribution in [0.4, 0.5) is 0 Å². The normalized spacial score (nSPS) is 14.3. The molecular weight excluding hydrogens is 266 g/mol. The van der Waals surface area contributed by atoms with Gasteiger partial charge in [-0.05, 0) is 30.2 Å². The third kappa shape index (κ3) is 2.86. The largest absolute Gasteiger partial charge is 0.491 e. The second-order valence-corrected chi connectivity index (χ2v) is 4.92. The van der Waals surface area contributed by atoms with Gasteiger partial charge in [0.05, 0.1) is 18.7 Å². The molecule has 0 saturated carbocycles. The Hall–Kier alpha value is -2.43. The number of hydrogen-bond acceptors (Lipinski definition) is 4. The highest BCUT2D eigenvalue weighted by Gasteiger charge is 2.24. The van der Waals surface area contributed by atoms with Crippen molar-refractivity contribution in [2.24, 2.45) is 0 Å². The molecule has 1 aromatic carbocycles. The number of amides is 1. The van der Waals surface area contributed by atoms with Crippen LogP contribution < -0.4 is 4.74 Å². The molecule has 1 amide bonds. The summed E-state index contributed by atoms with van der Waals surface area (Å²) in [6.45, 7) is 3.49. The Labute approximate surface area is 123 Å². The lowest BCUT2D eigenvalue weighted by molar-refractivity contribution is 0.0738. The van der Waals surface area contributed by atoms with Gasteiger partial charge in [0.2, 0.25) is 0 Å². The van der Waals surface area contributed by atoms with Crippen LogP contribution in [0.2, 0.25) is 0 Å². The standard InChI is InChI=1S/C16H17N3O2/c1-2-12-4-5-14-13(10-12)16(20)19(8-9-21-14)11-15-17-6-3-7-18-15/h3-7,10H,2,8-9,11H2,1H3. The SMILES string of the molecule is CCc1ccc2c(c1)C(=O)N(Cc1ncccn1)CCO2. The number of aryl methyl sites for hydroxylation is 1. The maximum absolute atomic E-state index is 12.7. The Morgan fingerprint density at radius 2 is 2.10 bits per heavy atom. The van der Waals surface area contributed by atoms with Crippen LogP contribution in [0.25, 0.3) is 0 Å². The lowest BCUT2D eigenvalue weighted by Crippen LogP contribution is -2.32. The minimum atomic E-state index is -0.0229. The molecule has 0 aliphatic carbocycles. The fourth-order valence-corrected chi connectivity index (χ4v) is 2.36. The molecule has 0 unspecified atom stereocenters. The van der Waals surface area contributed by atoms with Gasteiger partial charge in [0, 0.05) is 12.4 Å². The summed E-state index contributed by atoms with van der Waals surface area (Å²) in [5.41, 5.74) is 1.76. The molecule has 0 saturated heterocycles. The smallest absolute Gasteiger partial charge is 0.258 e. The van der Waals surface area contributed by atoms with E-state index in [1.807, 2.05) is 18.2 Å². The molecule has 0 bridgehead atoms. The summed E-state index contributed by atoms with van der Waals surface area (Å²) in [6.07, 6.45) is 4.26. The van der Waals surface area contributed by atoms with Crippen LogP contribution in [0.15, 0.2) is 36.7 Å². The molecule has 5 nitrogen and oxygen atoms in total. The van der Waals surface area contributed by atoms with Crippen molar-refractivity contribution in [1.29, 1.82) is 0 Å². The van der Waals surface area contributed by atoms with Crippen molar-refractivity contribution in [2.75, 3.05) is 13.2 Å².